The van der Waals surface area contributed by atoms with Crippen LogP contribution in [0.3, 0.4) is 0 Å². The molecule has 20 heavy (non-hydrogen) atoms. The topological polar surface area (TPSA) is 71.3 Å². The monoisotopic (exact) mass is 280 g/mol. The highest BCUT2D eigenvalue weighted by Crippen LogP contribution is 2.14. The molecule has 1 amide bonds. The third kappa shape index (κ3) is 4.81. The van der Waals surface area contributed by atoms with E-state index in [0.29, 0.717) is 24.6 Å². The van der Waals surface area contributed by atoms with Gasteiger partial charge in [-0.2, -0.15) is 0 Å². The maximum absolute atomic E-state index is 12.1. The summed E-state index contributed by atoms with van der Waals surface area (Å²) < 4.78 is 1.33. The van der Waals surface area contributed by atoms with Gasteiger partial charge in [0, 0.05) is 26.3 Å². The van der Waals surface area contributed by atoms with Crippen molar-refractivity contribution >= 4 is 5.91 Å². The summed E-state index contributed by atoms with van der Waals surface area (Å²) in [4.78, 5) is 23.6. The number of aromatic nitrogens is 1. The molecule has 0 saturated heterocycles. The van der Waals surface area contributed by atoms with Gasteiger partial charge in [0.05, 0.1) is 0 Å². The van der Waals surface area contributed by atoms with Crippen LogP contribution in [0.2, 0.25) is 0 Å². The van der Waals surface area contributed by atoms with Crippen LogP contribution in [-0.2, 0) is 7.05 Å². The first-order chi connectivity index (χ1) is 9.45. The Morgan fingerprint density at radius 3 is 2.70 bits per heavy atom. The van der Waals surface area contributed by atoms with E-state index in [0.717, 1.165) is 6.42 Å². The zero-order valence-corrected chi connectivity index (χ0v) is 12.4. The van der Waals surface area contributed by atoms with Crippen LogP contribution in [0.4, 0.5) is 0 Å². The number of nitrogens with zero attached hydrogens (tertiary/aromatic N) is 1. The van der Waals surface area contributed by atoms with E-state index >= 15 is 0 Å². The van der Waals surface area contributed by atoms with Crippen LogP contribution < -0.4 is 10.9 Å². The molecule has 1 aromatic rings. The molecule has 0 bridgehead atoms. The molecule has 0 saturated carbocycles. The second-order valence-electron chi connectivity index (χ2n) is 5.53. The van der Waals surface area contributed by atoms with Gasteiger partial charge in [-0.3, -0.25) is 9.59 Å². The number of amides is 1. The predicted molar refractivity (Wildman–Crippen MR) is 78.7 cm³/mol. The lowest BCUT2D eigenvalue weighted by Gasteiger charge is -2.19. The largest absolute Gasteiger partial charge is 0.396 e. The summed E-state index contributed by atoms with van der Waals surface area (Å²) in [5.74, 6) is 0.520. The average molecular weight is 280 g/mol. The van der Waals surface area contributed by atoms with Gasteiger partial charge in [-0.25, -0.2) is 0 Å². The smallest absolute Gasteiger partial charge is 0.268 e. The van der Waals surface area contributed by atoms with Gasteiger partial charge in [0.25, 0.3) is 11.5 Å². The van der Waals surface area contributed by atoms with Crippen molar-refractivity contribution in [2.75, 3.05) is 13.2 Å². The molecule has 5 heteroatoms. The minimum Gasteiger partial charge on any atom is -0.396 e. The van der Waals surface area contributed by atoms with Crippen LogP contribution in [0, 0.1) is 11.8 Å². The summed E-state index contributed by atoms with van der Waals surface area (Å²) in [6.45, 7) is 4.87. The Labute approximate surface area is 119 Å². The minimum atomic E-state index is -0.253. The Bertz CT molecular complexity index is 494. The molecule has 1 rings (SSSR count). The maximum atomic E-state index is 12.1. The van der Waals surface area contributed by atoms with Gasteiger partial charge in [0.15, 0.2) is 0 Å². The second kappa shape index (κ2) is 7.85. The van der Waals surface area contributed by atoms with Crippen molar-refractivity contribution in [1.82, 2.24) is 9.88 Å². The normalized spacial score (nSPS) is 12.4. The van der Waals surface area contributed by atoms with Gasteiger partial charge in [-0.1, -0.05) is 19.9 Å². The van der Waals surface area contributed by atoms with Crippen molar-refractivity contribution in [2.45, 2.75) is 26.7 Å². The minimum absolute atomic E-state index is 0.122. The number of pyridine rings is 1. The van der Waals surface area contributed by atoms with Gasteiger partial charge < -0.3 is 15.0 Å². The molecule has 0 aliphatic heterocycles. The van der Waals surface area contributed by atoms with E-state index in [4.69, 9.17) is 5.11 Å². The fourth-order valence-electron chi connectivity index (χ4n) is 2.27. The first-order valence-corrected chi connectivity index (χ1v) is 7.00. The van der Waals surface area contributed by atoms with Crippen LogP contribution in [0.5, 0.6) is 0 Å². The van der Waals surface area contributed by atoms with Crippen molar-refractivity contribution in [3.05, 3.63) is 34.2 Å². The SMILES string of the molecule is CC(C)CC(CCO)CNC(=O)c1cccc(=O)n1C. The molecule has 0 aliphatic carbocycles. The summed E-state index contributed by atoms with van der Waals surface area (Å²) in [5.41, 5.74) is 0.150. The lowest BCUT2D eigenvalue weighted by Crippen LogP contribution is -2.34. The van der Waals surface area contributed by atoms with Crippen LogP contribution in [0.1, 0.15) is 37.2 Å². The third-order valence-corrected chi connectivity index (χ3v) is 3.31. The van der Waals surface area contributed by atoms with Crippen molar-refractivity contribution in [3.8, 4) is 0 Å². The van der Waals surface area contributed by atoms with Gasteiger partial charge in [-0.15, -0.1) is 0 Å². The first-order valence-electron chi connectivity index (χ1n) is 7.00. The number of hydrogen-bond donors (Lipinski definition) is 2. The van der Waals surface area contributed by atoms with E-state index in [9.17, 15) is 9.59 Å². The van der Waals surface area contributed by atoms with Crippen LogP contribution in [0.25, 0.3) is 0 Å². The highest BCUT2D eigenvalue weighted by atomic mass is 16.3. The zero-order chi connectivity index (χ0) is 15.1. The molecule has 0 spiro atoms. The van der Waals surface area contributed by atoms with E-state index in [1.807, 2.05) is 0 Å². The molecule has 0 aliphatic rings. The van der Waals surface area contributed by atoms with Crippen LogP contribution >= 0.6 is 0 Å². The molecule has 1 unspecified atom stereocenters. The van der Waals surface area contributed by atoms with Crippen molar-refractivity contribution in [2.24, 2.45) is 18.9 Å². The molecule has 0 aromatic carbocycles. The Hall–Kier alpha value is -1.62. The standard InChI is InChI=1S/C15H24N2O3/c1-11(2)9-12(7-8-18)10-16-15(20)13-5-4-6-14(19)17(13)3/h4-6,11-12,18H,7-10H2,1-3H3,(H,16,20). The molecule has 5 nitrogen and oxygen atoms in total. The zero-order valence-electron chi connectivity index (χ0n) is 12.4. The van der Waals surface area contributed by atoms with E-state index in [2.05, 4.69) is 19.2 Å². The highest BCUT2D eigenvalue weighted by molar-refractivity contribution is 5.92. The molecule has 112 valence electrons. The average Bonchev–Trinajstić information content (AvgIpc) is 2.38. The van der Waals surface area contributed by atoms with Crippen molar-refractivity contribution in [3.63, 3.8) is 0 Å². The fraction of sp³-hybridized carbons (Fsp3) is 0.600. The lowest BCUT2D eigenvalue weighted by molar-refractivity contribution is 0.0932. The fourth-order valence-corrected chi connectivity index (χ4v) is 2.27. The first kappa shape index (κ1) is 16.4. The quantitative estimate of drug-likeness (QED) is 0.787. The van der Waals surface area contributed by atoms with Crippen LogP contribution in [0.15, 0.2) is 23.0 Å². The van der Waals surface area contributed by atoms with Crippen molar-refractivity contribution in [1.29, 1.82) is 0 Å². The van der Waals surface area contributed by atoms with Gasteiger partial charge in [0.2, 0.25) is 0 Å². The van der Waals surface area contributed by atoms with Crippen molar-refractivity contribution < 1.29 is 9.90 Å². The maximum Gasteiger partial charge on any atom is 0.268 e. The number of carbonyl (C=O) groups excluding carboxylic acids is 1. The Morgan fingerprint density at radius 1 is 1.40 bits per heavy atom. The summed E-state index contributed by atoms with van der Waals surface area (Å²) in [7, 11) is 1.58. The predicted octanol–water partition coefficient (Wildman–Crippen LogP) is 1.16. The number of hydrogen-bond acceptors (Lipinski definition) is 3. The highest BCUT2D eigenvalue weighted by Gasteiger charge is 2.14. The number of nitrogens with one attached hydrogen (secondary N) is 1. The number of rotatable bonds is 7. The summed E-state index contributed by atoms with van der Waals surface area (Å²) in [6.07, 6.45) is 1.63. The van der Waals surface area contributed by atoms with E-state index in [1.165, 1.54) is 10.6 Å². The molecular weight excluding hydrogens is 256 g/mol. The number of aliphatic hydroxyl groups excluding tert-OH is 1. The van der Waals surface area contributed by atoms with E-state index in [1.54, 1.807) is 19.2 Å². The molecule has 0 radical (unpaired) electrons. The third-order valence-electron chi connectivity index (χ3n) is 3.31. The molecule has 1 aromatic heterocycles. The van der Waals surface area contributed by atoms with Gasteiger partial charge in [-0.05, 0) is 30.7 Å². The van der Waals surface area contributed by atoms with Gasteiger partial charge in [0.1, 0.15) is 5.69 Å². The molecule has 2 N–H and O–H groups in total. The Kier molecular flexibility index (Phi) is 6.45. The Morgan fingerprint density at radius 2 is 2.10 bits per heavy atom. The second-order valence-corrected chi connectivity index (χ2v) is 5.53. The van der Waals surface area contributed by atoms with E-state index in [-0.39, 0.29) is 24.0 Å². The molecular formula is C15H24N2O3. The summed E-state index contributed by atoms with van der Waals surface area (Å²) in [5, 5.41) is 11.9. The molecule has 1 atom stereocenters. The molecule has 0 fully saturated rings. The number of carbonyl (C=O) groups is 1. The lowest BCUT2D eigenvalue weighted by atomic mass is 9.94. The Balaban J connectivity index is 2.65. The van der Waals surface area contributed by atoms with E-state index < -0.39 is 0 Å². The van der Waals surface area contributed by atoms with Crippen LogP contribution in [-0.4, -0.2) is 28.7 Å². The number of aliphatic hydroxyl groups is 1. The summed E-state index contributed by atoms with van der Waals surface area (Å²) in [6, 6.07) is 4.63. The van der Waals surface area contributed by atoms with Gasteiger partial charge >= 0.3 is 0 Å². The molecule has 1 heterocycles. The summed E-state index contributed by atoms with van der Waals surface area (Å²) >= 11 is 0.